The van der Waals surface area contributed by atoms with E-state index in [1.54, 1.807) is 13.0 Å². The summed E-state index contributed by atoms with van der Waals surface area (Å²) in [5.41, 5.74) is 7.58. The van der Waals surface area contributed by atoms with Gasteiger partial charge in [0.25, 0.3) is 11.3 Å². The van der Waals surface area contributed by atoms with Gasteiger partial charge in [-0.1, -0.05) is 84.5 Å². The van der Waals surface area contributed by atoms with E-state index in [4.69, 9.17) is 5.73 Å². The van der Waals surface area contributed by atoms with Gasteiger partial charge >= 0.3 is 5.97 Å². The molecule has 4 N–H and O–H groups in total. The van der Waals surface area contributed by atoms with Crippen LogP contribution in [0, 0.1) is 0 Å². The fourth-order valence-electron chi connectivity index (χ4n) is 4.24. The lowest BCUT2D eigenvalue weighted by molar-refractivity contribution is -0.137. The highest BCUT2D eigenvalue weighted by Crippen LogP contribution is 2.24. The maximum atomic E-state index is 12.0. The van der Waals surface area contributed by atoms with Crippen molar-refractivity contribution in [3.63, 3.8) is 0 Å². The van der Waals surface area contributed by atoms with Gasteiger partial charge in [0.1, 0.15) is 0 Å². The van der Waals surface area contributed by atoms with Crippen molar-refractivity contribution in [3.8, 4) is 0 Å². The number of nitrogens with one attached hydrogen (secondary N) is 2. The van der Waals surface area contributed by atoms with Crippen LogP contribution in [0.5, 0.6) is 0 Å². The van der Waals surface area contributed by atoms with E-state index in [2.05, 4.69) is 65.5 Å². The molecule has 3 heterocycles. The van der Waals surface area contributed by atoms with Crippen LogP contribution in [-0.2, 0) is 16.1 Å². The van der Waals surface area contributed by atoms with E-state index in [-0.39, 0.29) is 19.6 Å². The smallest absolute Gasteiger partial charge is 0.379 e. The van der Waals surface area contributed by atoms with Gasteiger partial charge in [-0.25, -0.2) is 4.79 Å². The Morgan fingerprint density at radius 1 is 0.930 bits per heavy atom. The molecule has 0 atom stereocenters. The highest BCUT2D eigenvalue weighted by atomic mass is 79.9. The van der Waals surface area contributed by atoms with Crippen LogP contribution in [0.25, 0.3) is 32.7 Å². The van der Waals surface area contributed by atoms with Crippen molar-refractivity contribution in [1.82, 2.24) is 19.7 Å². The number of aromatic nitrogens is 4. The number of rotatable bonds is 9. The van der Waals surface area contributed by atoms with E-state index in [0.29, 0.717) is 16.5 Å². The van der Waals surface area contributed by atoms with Gasteiger partial charge in [-0.2, -0.15) is 5.10 Å². The van der Waals surface area contributed by atoms with E-state index >= 15 is 0 Å². The Bertz CT molecular complexity index is 1700. The average Bonchev–Trinajstić information content (AvgIpc) is 3.60. The number of pyridine rings is 1. The number of ketones is 1. The molecule has 0 radical (unpaired) electrons. The minimum atomic E-state index is -0.823. The minimum Gasteiger partial charge on any atom is -0.460 e. The number of hydrogen-bond acceptors (Lipinski definition) is 6. The molecule has 0 aliphatic carbocycles. The lowest BCUT2D eigenvalue weighted by Crippen LogP contribution is -2.17. The van der Waals surface area contributed by atoms with Crippen molar-refractivity contribution in [3.05, 3.63) is 73.7 Å². The van der Waals surface area contributed by atoms with Crippen LogP contribution >= 0.6 is 31.9 Å². The summed E-state index contributed by atoms with van der Waals surface area (Å²) in [6, 6.07) is 11.3. The maximum absolute atomic E-state index is 12.0. The largest absolute Gasteiger partial charge is 0.460 e. The summed E-state index contributed by atoms with van der Waals surface area (Å²) in [6.45, 7) is 7.88. The van der Waals surface area contributed by atoms with Gasteiger partial charge in [-0.3, -0.25) is 14.3 Å². The second-order valence-corrected chi connectivity index (χ2v) is 11.4. The molecule has 3 aromatic heterocycles. The number of carbonyl (C=O) groups excluding carboxylic acids is 2. The Morgan fingerprint density at radius 3 is 2.19 bits per heavy atom. The van der Waals surface area contributed by atoms with E-state index in [9.17, 15) is 14.4 Å². The van der Waals surface area contributed by atoms with Crippen LogP contribution in [0.15, 0.2) is 62.5 Å². The van der Waals surface area contributed by atoms with Gasteiger partial charge in [-0.15, -0.1) is 0 Å². The van der Waals surface area contributed by atoms with E-state index in [1.165, 1.54) is 25.5 Å². The number of H-pyrrole nitrogens is 2. The Hall–Kier alpha value is -3.28. The molecule has 0 spiro atoms. The van der Waals surface area contributed by atoms with Gasteiger partial charge in [0, 0.05) is 49.6 Å². The summed E-state index contributed by atoms with van der Waals surface area (Å²) in [5, 5.41) is 7.04. The summed E-state index contributed by atoms with van der Waals surface area (Å²) < 4.78 is 8.41. The number of aryl methyl sites for hydroxylation is 1. The molecular formula is C32H41Br2N5O4. The van der Waals surface area contributed by atoms with Crippen LogP contribution in [-0.4, -0.2) is 44.7 Å². The number of unbranched alkanes of at least 4 members (excludes halogenated alkanes) is 3. The van der Waals surface area contributed by atoms with Gasteiger partial charge < -0.3 is 20.4 Å². The quantitative estimate of drug-likeness (QED) is 0.0614. The minimum absolute atomic E-state index is 0. The molecule has 0 amide bonds. The van der Waals surface area contributed by atoms with Crippen LogP contribution in [0.1, 0.15) is 70.7 Å². The molecular weight excluding hydrogens is 678 g/mol. The van der Waals surface area contributed by atoms with Gasteiger partial charge in [0.05, 0.1) is 17.7 Å². The molecule has 0 unspecified atom stereocenters. The number of hydrogen-bond donors (Lipinski definition) is 3. The van der Waals surface area contributed by atoms with Crippen molar-refractivity contribution in [2.24, 2.45) is 5.73 Å². The second kappa shape index (κ2) is 17.7. The first kappa shape index (κ1) is 35.9. The number of fused-ring (bicyclic) bond motifs is 4. The second-order valence-electron chi connectivity index (χ2n) is 9.59. The number of esters is 1. The molecule has 0 aliphatic heterocycles. The third-order valence-electron chi connectivity index (χ3n) is 6.39. The number of halogens is 2. The molecule has 0 aliphatic rings. The van der Waals surface area contributed by atoms with E-state index in [0.717, 1.165) is 56.7 Å². The monoisotopic (exact) mass is 717 g/mol. The molecule has 11 heteroatoms. The zero-order chi connectivity index (χ0) is 30.6. The van der Waals surface area contributed by atoms with E-state index < -0.39 is 11.8 Å². The van der Waals surface area contributed by atoms with Crippen molar-refractivity contribution < 1.29 is 14.3 Å². The highest BCUT2D eigenvalue weighted by molar-refractivity contribution is 9.10. The van der Waals surface area contributed by atoms with Crippen LogP contribution in [0.3, 0.4) is 0 Å². The molecule has 2 aromatic carbocycles. The molecule has 9 nitrogen and oxygen atoms in total. The van der Waals surface area contributed by atoms with Crippen LogP contribution in [0.4, 0.5) is 0 Å². The number of nitrogens with two attached hydrogens (primary N) is 1. The Kier molecular flexibility index (Phi) is 14.8. The summed E-state index contributed by atoms with van der Waals surface area (Å²) in [5.74, 6) is -1.45. The third kappa shape index (κ3) is 9.61. The van der Waals surface area contributed by atoms with E-state index in [1.807, 2.05) is 41.2 Å². The Morgan fingerprint density at radius 2 is 1.58 bits per heavy atom. The molecule has 5 rings (SSSR count). The standard InChI is InChI=1S/C14H14BrN3O.C12H10BrNO3.C5H13N.CH4/c1-2-3-6-18-8-11-10-5-4-9(15)7-12(10)16-14(19)13(11)17-18;1-2-17-12(16)11(15)9-6-14-10-5-7(13)3-4-8(9)10;1-2-3-4-5-6;/h4-5,7-8H,2-3,6H2,1H3,(H,16,19);3-6,14H,2H2,1H3;2-6H2,1H3;1H4. The zero-order valence-corrected chi connectivity index (χ0v) is 27.3. The lowest BCUT2D eigenvalue weighted by atomic mass is 10.1. The van der Waals surface area contributed by atoms with Gasteiger partial charge in [0.15, 0.2) is 5.52 Å². The molecule has 0 fully saturated rings. The van der Waals surface area contributed by atoms with Gasteiger partial charge in [0.2, 0.25) is 0 Å². The Labute approximate surface area is 268 Å². The van der Waals surface area contributed by atoms with Gasteiger partial charge in [-0.05, 0) is 50.6 Å². The van der Waals surface area contributed by atoms with Crippen molar-refractivity contribution in [1.29, 1.82) is 0 Å². The lowest BCUT2D eigenvalue weighted by Gasteiger charge is -1.99. The molecule has 0 bridgehead atoms. The molecule has 43 heavy (non-hydrogen) atoms. The normalized spacial score (nSPS) is 10.5. The van der Waals surface area contributed by atoms with Crippen molar-refractivity contribution in [2.75, 3.05) is 13.2 Å². The number of nitrogens with zero attached hydrogens (tertiary/aromatic N) is 2. The SMILES string of the molecule is C.CCCCCN.CCCCn1cc2c(n1)c(=O)[nH]c1cc(Br)ccc12.CCOC(=O)C(=O)c1c[nH]c2cc(Br)ccc12. The van der Waals surface area contributed by atoms with Crippen molar-refractivity contribution >= 4 is 76.3 Å². The summed E-state index contributed by atoms with van der Waals surface area (Å²) in [6.07, 6.45) is 9.42. The third-order valence-corrected chi connectivity index (χ3v) is 7.38. The summed E-state index contributed by atoms with van der Waals surface area (Å²) in [4.78, 5) is 41.0. The Balaban J connectivity index is 0.000000250. The maximum Gasteiger partial charge on any atom is 0.379 e. The fraction of sp³-hybridized carbons (Fsp3) is 0.375. The topological polar surface area (TPSA) is 136 Å². The number of benzene rings is 2. The summed E-state index contributed by atoms with van der Waals surface area (Å²) in [7, 11) is 0. The first-order valence-corrected chi connectivity index (χ1v) is 15.7. The first-order valence-electron chi connectivity index (χ1n) is 14.1. The number of Topliss-reactive ketones (excluding diaryl/α,β-unsaturated/α-hetero) is 1. The first-order chi connectivity index (χ1) is 20.2. The predicted octanol–water partition coefficient (Wildman–Crippen LogP) is 7.89. The van der Waals surface area contributed by atoms with Crippen molar-refractivity contribution in [2.45, 2.75) is 66.8 Å². The molecule has 0 saturated heterocycles. The molecule has 0 saturated carbocycles. The fourth-order valence-corrected chi connectivity index (χ4v) is 4.97. The predicted molar refractivity (Wildman–Crippen MR) is 183 cm³/mol. The van der Waals surface area contributed by atoms with Crippen LogP contribution < -0.4 is 11.3 Å². The highest BCUT2D eigenvalue weighted by Gasteiger charge is 2.21. The summed E-state index contributed by atoms with van der Waals surface area (Å²) >= 11 is 6.75. The number of aromatic amines is 2. The molecule has 5 aromatic rings. The van der Waals surface area contributed by atoms with Crippen LogP contribution in [0.2, 0.25) is 0 Å². The number of carbonyl (C=O) groups is 2. The molecule has 232 valence electrons. The number of ether oxygens (including phenoxy) is 1. The average molecular weight is 720 g/mol. The zero-order valence-electron chi connectivity index (χ0n) is 24.1.